The maximum Gasteiger partial charge on any atom is 0.262 e. The minimum absolute atomic E-state index is 0.147. The lowest BCUT2D eigenvalue weighted by Gasteiger charge is -2.09. The quantitative estimate of drug-likeness (QED) is 0.410. The number of ether oxygens (including phenoxy) is 2. The lowest BCUT2D eigenvalue weighted by atomic mass is 10.2. The summed E-state index contributed by atoms with van der Waals surface area (Å²) in [4.78, 5) is 36.8. The predicted molar refractivity (Wildman–Crippen MR) is 123 cm³/mol. The number of thiophene rings is 1. The molecule has 0 radical (unpaired) electrons. The number of nitrogens with one attached hydrogen (secondary N) is 3. The Labute approximate surface area is 189 Å². The van der Waals surface area contributed by atoms with Crippen molar-refractivity contribution in [3.05, 3.63) is 76.5 Å². The summed E-state index contributed by atoms with van der Waals surface area (Å²) in [5.74, 6) is 0.509. The molecule has 3 aromatic rings. The Kier molecular flexibility index (Phi) is 8.22. The Morgan fingerprint density at radius 3 is 2.12 bits per heavy atom. The van der Waals surface area contributed by atoms with Crippen LogP contribution in [0.4, 0.5) is 5.69 Å². The smallest absolute Gasteiger partial charge is 0.262 e. The van der Waals surface area contributed by atoms with Crippen LogP contribution in [0, 0.1) is 0 Å². The van der Waals surface area contributed by atoms with Crippen LogP contribution >= 0.6 is 11.3 Å². The van der Waals surface area contributed by atoms with Crippen molar-refractivity contribution < 1.29 is 23.9 Å². The van der Waals surface area contributed by atoms with Crippen molar-refractivity contribution in [2.45, 2.75) is 0 Å². The Balaban J connectivity index is 1.38. The lowest BCUT2D eigenvalue weighted by Crippen LogP contribution is -2.34. The van der Waals surface area contributed by atoms with Crippen molar-refractivity contribution in [3.63, 3.8) is 0 Å². The van der Waals surface area contributed by atoms with Gasteiger partial charge in [0.2, 0.25) is 0 Å². The zero-order valence-electron chi connectivity index (χ0n) is 17.4. The van der Waals surface area contributed by atoms with Gasteiger partial charge in [0.05, 0.1) is 12.0 Å². The van der Waals surface area contributed by atoms with E-state index in [1.807, 2.05) is 5.38 Å². The molecule has 0 aliphatic carbocycles. The molecule has 0 aliphatic rings. The first kappa shape index (κ1) is 22.8. The van der Waals surface area contributed by atoms with E-state index in [-0.39, 0.29) is 24.3 Å². The van der Waals surface area contributed by atoms with Crippen LogP contribution in [0.3, 0.4) is 0 Å². The predicted octanol–water partition coefficient (Wildman–Crippen LogP) is 2.93. The molecule has 1 heterocycles. The van der Waals surface area contributed by atoms with Crippen LogP contribution in [0.25, 0.3) is 0 Å². The van der Waals surface area contributed by atoms with Crippen LogP contribution in [0.15, 0.2) is 66.0 Å². The Morgan fingerprint density at radius 2 is 1.50 bits per heavy atom. The van der Waals surface area contributed by atoms with Crippen LogP contribution in [0.5, 0.6) is 11.5 Å². The molecule has 3 amide bonds. The van der Waals surface area contributed by atoms with Gasteiger partial charge < -0.3 is 25.4 Å². The molecule has 0 saturated carbocycles. The fourth-order valence-corrected chi connectivity index (χ4v) is 3.31. The third-order valence-corrected chi connectivity index (χ3v) is 5.17. The summed E-state index contributed by atoms with van der Waals surface area (Å²) in [5.41, 5.74) is 0.996. The summed E-state index contributed by atoms with van der Waals surface area (Å²) >= 11 is 1.36. The number of anilines is 1. The first-order valence-electron chi connectivity index (χ1n) is 9.82. The highest BCUT2D eigenvalue weighted by molar-refractivity contribution is 7.12. The van der Waals surface area contributed by atoms with Crippen LogP contribution in [-0.4, -0.2) is 44.5 Å². The SMILES string of the molecule is COc1ccc(OCC(=O)Nc2ccc(C(=O)NCCNC(=O)c3cccs3)cc2)cc1. The van der Waals surface area contributed by atoms with Gasteiger partial charge in [-0.3, -0.25) is 14.4 Å². The van der Waals surface area contributed by atoms with Crippen molar-refractivity contribution >= 4 is 34.7 Å². The molecule has 1 aromatic heterocycles. The van der Waals surface area contributed by atoms with Gasteiger partial charge in [-0.05, 0) is 60.0 Å². The maximum atomic E-state index is 12.2. The van der Waals surface area contributed by atoms with E-state index in [1.54, 1.807) is 67.8 Å². The maximum absolute atomic E-state index is 12.2. The number of hydrogen-bond acceptors (Lipinski definition) is 6. The molecule has 0 spiro atoms. The third-order valence-electron chi connectivity index (χ3n) is 4.30. The molecule has 8 nitrogen and oxygen atoms in total. The van der Waals surface area contributed by atoms with E-state index in [9.17, 15) is 14.4 Å². The van der Waals surface area contributed by atoms with Crippen LogP contribution < -0.4 is 25.4 Å². The summed E-state index contributed by atoms with van der Waals surface area (Å²) in [5, 5.41) is 10.0. The molecule has 0 bridgehead atoms. The first-order chi connectivity index (χ1) is 15.5. The van der Waals surface area contributed by atoms with Crippen molar-refractivity contribution in [1.29, 1.82) is 0 Å². The molecule has 9 heteroatoms. The van der Waals surface area contributed by atoms with E-state index >= 15 is 0 Å². The van der Waals surface area contributed by atoms with Crippen molar-refractivity contribution in [2.75, 3.05) is 32.1 Å². The average Bonchev–Trinajstić information content (AvgIpc) is 3.36. The summed E-state index contributed by atoms with van der Waals surface area (Å²) in [6, 6.07) is 17.0. The van der Waals surface area contributed by atoms with Crippen LogP contribution in [-0.2, 0) is 4.79 Å². The van der Waals surface area contributed by atoms with Gasteiger partial charge in [-0.15, -0.1) is 11.3 Å². The summed E-state index contributed by atoms with van der Waals surface area (Å²) in [7, 11) is 1.57. The second kappa shape index (κ2) is 11.5. The van der Waals surface area contributed by atoms with Gasteiger partial charge in [0.1, 0.15) is 11.5 Å². The molecule has 0 unspecified atom stereocenters. The van der Waals surface area contributed by atoms with Crippen LogP contribution in [0.2, 0.25) is 0 Å². The van der Waals surface area contributed by atoms with Crippen molar-refractivity contribution in [3.8, 4) is 11.5 Å². The zero-order chi connectivity index (χ0) is 22.8. The van der Waals surface area contributed by atoms with Gasteiger partial charge in [0, 0.05) is 24.3 Å². The van der Waals surface area contributed by atoms with Gasteiger partial charge in [0.15, 0.2) is 6.61 Å². The number of carbonyl (C=O) groups is 3. The molecule has 0 fully saturated rings. The largest absolute Gasteiger partial charge is 0.497 e. The molecule has 2 aromatic carbocycles. The number of hydrogen-bond donors (Lipinski definition) is 3. The molecule has 3 N–H and O–H groups in total. The van der Waals surface area contributed by atoms with Crippen molar-refractivity contribution in [2.24, 2.45) is 0 Å². The van der Waals surface area contributed by atoms with Gasteiger partial charge in [-0.25, -0.2) is 0 Å². The van der Waals surface area contributed by atoms with E-state index in [4.69, 9.17) is 9.47 Å². The number of carbonyl (C=O) groups excluding carboxylic acids is 3. The molecule has 166 valence electrons. The van der Waals surface area contributed by atoms with E-state index in [2.05, 4.69) is 16.0 Å². The van der Waals surface area contributed by atoms with E-state index in [1.165, 1.54) is 11.3 Å². The molecule has 3 rings (SSSR count). The Morgan fingerprint density at radius 1 is 0.844 bits per heavy atom. The third kappa shape index (κ3) is 6.85. The highest BCUT2D eigenvalue weighted by Crippen LogP contribution is 2.17. The van der Waals surface area contributed by atoms with E-state index in [0.717, 1.165) is 0 Å². The molecular formula is C23H23N3O5S. The van der Waals surface area contributed by atoms with Gasteiger partial charge in [-0.2, -0.15) is 0 Å². The highest BCUT2D eigenvalue weighted by Gasteiger charge is 2.09. The van der Waals surface area contributed by atoms with Gasteiger partial charge in [0.25, 0.3) is 17.7 Å². The second-order valence-corrected chi connectivity index (χ2v) is 7.53. The summed E-state index contributed by atoms with van der Waals surface area (Å²) < 4.78 is 10.5. The number of amides is 3. The normalized spacial score (nSPS) is 10.2. The lowest BCUT2D eigenvalue weighted by molar-refractivity contribution is -0.118. The molecular weight excluding hydrogens is 430 g/mol. The molecule has 0 aliphatic heterocycles. The monoisotopic (exact) mass is 453 g/mol. The highest BCUT2D eigenvalue weighted by atomic mass is 32.1. The molecule has 32 heavy (non-hydrogen) atoms. The molecule has 0 atom stereocenters. The summed E-state index contributed by atoms with van der Waals surface area (Å²) in [6.45, 7) is 0.480. The standard InChI is InChI=1S/C23H23N3O5S/c1-30-18-8-10-19(11-9-18)31-15-21(27)26-17-6-4-16(5-7-17)22(28)24-12-13-25-23(29)20-3-2-14-32-20/h2-11,14H,12-13,15H2,1H3,(H,24,28)(H,25,29)(H,26,27). The topological polar surface area (TPSA) is 106 Å². The average molecular weight is 454 g/mol. The molecule has 0 saturated heterocycles. The first-order valence-corrected chi connectivity index (χ1v) is 10.7. The van der Waals surface area contributed by atoms with E-state index in [0.29, 0.717) is 40.7 Å². The fourth-order valence-electron chi connectivity index (χ4n) is 2.67. The zero-order valence-corrected chi connectivity index (χ0v) is 18.2. The number of methoxy groups -OCH3 is 1. The van der Waals surface area contributed by atoms with E-state index < -0.39 is 0 Å². The Hall–Kier alpha value is -3.85. The minimum Gasteiger partial charge on any atom is -0.497 e. The fraction of sp³-hybridized carbons (Fsp3) is 0.174. The van der Waals surface area contributed by atoms with Crippen molar-refractivity contribution in [1.82, 2.24) is 10.6 Å². The second-order valence-electron chi connectivity index (χ2n) is 6.58. The van der Waals surface area contributed by atoms with Gasteiger partial charge in [-0.1, -0.05) is 6.07 Å². The number of benzene rings is 2. The Bertz CT molecular complexity index is 1030. The van der Waals surface area contributed by atoms with Gasteiger partial charge >= 0.3 is 0 Å². The minimum atomic E-state index is -0.320. The van der Waals surface area contributed by atoms with Crippen LogP contribution in [0.1, 0.15) is 20.0 Å². The summed E-state index contributed by atoms with van der Waals surface area (Å²) in [6.07, 6.45) is 0. The number of rotatable bonds is 10.